The highest BCUT2D eigenvalue weighted by molar-refractivity contribution is 4.74. The van der Waals surface area contributed by atoms with Crippen molar-refractivity contribution in [3.63, 3.8) is 0 Å². The minimum absolute atomic E-state index is 0.00519. The Morgan fingerprint density at radius 1 is 1.38 bits per heavy atom. The molecule has 2 atom stereocenters. The van der Waals surface area contributed by atoms with E-state index in [-0.39, 0.29) is 12.2 Å². The Labute approximate surface area is 81.3 Å². The molecular formula is C11H22O2. The van der Waals surface area contributed by atoms with Gasteiger partial charge in [0.1, 0.15) is 0 Å². The molecule has 2 nitrogen and oxygen atoms in total. The van der Waals surface area contributed by atoms with Gasteiger partial charge in [-0.2, -0.15) is 0 Å². The average Bonchev–Trinajstić information content (AvgIpc) is 2.57. The quantitative estimate of drug-likeness (QED) is 0.714. The van der Waals surface area contributed by atoms with Crippen LogP contribution in [0.1, 0.15) is 46.0 Å². The van der Waals surface area contributed by atoms with Crippen LogP contribution in [0.5, 0.6) is 0 Å². The van der Waals surface area contributed by atoms with E-state index in [2.05, 4.69) is 0 Å². The lowest BCUT2D eigenvalue weighted by Gasteiger charge is -2.21. The molecule has 78 valence electrons. The van der Waals surface area contributed by atoms with Crippen LogP contribution in [0.3, 0.4) is 0 Å². The highest BCUT2D eigenvalue weighted by Crippen LogP contribution is 2.29. The van der Waals surface area contributed by atoms with Crippen LogP contribution in [-0.2, 0) is 4.74 Å². The Hall–Kier alpha value is -0.0800. The Morgan fingerprint density at radius 2 is 2.00 bits per heavy atom. The maximum absolute atomic E-state index is 9.78. The lowest BCUT2D eigenvalue weighted by Crippen LogP contribution is -2.27. The van der Waals surface area contributed by atoms with Gasteiger partial charge in [-0.1, -0.05) is 25.7 Å². The van der Waals surface area contributed by atoms with E-state index >= 15 is 0 Å². The van der Waals surface area contributed by atoms with Crippen molar-refractivity contribution in [3.05, 3.63) is 0 Å². The first-order chi connectivity index (χ1) is 6.24. The second-order valence-corrected chi connectivity index (χ2v) is 4.11. The van der Waals surface area contributed by atoms with E-state index in [0.29, 0.717) is 6.61 Å². The van der Waals surface area contributed by atoms with Crippen molar-refractivity contribution in [2.24, 2.45) is 5.92 Å². The van der Waals surface area contributed by atoms with Crippen molar-refractivity contribution in [2.75, 3.05) is 6.61 Å². The minimum Gasteiger partial charge on any atom is -0.390 e. The number of aliphatic hydroxyl groups is 1. The Kier molecular flexibility index (Phi) is 4.74. The fourth-order valence-electron chi connectivity index (χ4n) is 2.15. The van der Waals surface area contributed by atoms with E-state index in [1.165, 1.54) is 25.7 Å². The summed E-state index contributed by atoms with van der Waals surface area (Å²) in [5, 5.41) is 9.78. The Balaban J connectivity index is 2.18. The fraction of sp³-hybridized carbons (Fsp3) is 1.00. The smallest absolute Gasteiger partial charge is 0.0805 e. The van der Waals surface area contributed by atoms with E-state index < -0.39 is 0 Å². The van der Waals surface area contributed by atoms with Crippen LogP contribution in [0.25, 0.3) is 0 Å². The Morgan fingerprint density at radius 3 is 2.54 bits per heavy atom. The maximum atomic E-state index is 9.78. The number of hydrogen-bond acceptors (Lipinski definition) is 2. The summed E-state index contributed by atoms with van der Waals surface area (Å²) in [4.78, 5) is 0. The van der Waals surface area contributed by atoms with Crippen molar-refractivity contribution in [1.29, 1.82) is 0 Å². The highest BCUT2D eigenvalue weighted by atomic mass is 16.5. The SMILES string of the molecule is CCOC(C)C(O)CC1CCCC1. The fourth-order valence-corrected chi connectivity index (χ4v) is 2.15. The van der Waals surface area contributed by atoms with Crippen molar-refractivity contribution in [2.45, 2.75) is 58.2 Å². The zero-order valence-corrected chi connectivity index (χ0v) is 8.83. The number of ether oxygens (including phenoxy) is 1. The molecule has 0 heterocycles. The number of aliphatic hydroxyl groups excluding tert-OH is 1. The number of hydrogen-bond donors (Lipinski definition) is 1. The van der Waals surface area contributed by atoms with Crippen LogP contribution in [0.15, 0.2) is 0 Å². The van der Waals surface area contributed by atoms with Gasteiger partial charge >= 0.3 is 0 Å². The zero-order valence-electron chi connectivity index (χ0n) is 8.83. The molecule has 1 aliphatic rings. The zero-order chi connectivity index (χ0) is 9.68. The third-order valence-corrected chi connectivity index (χ3v) is 3.02. The summed E-state index contributed by atoms with van der Waals surface area (Å²) in [5.41, 5.74) is 0. The molecule has 0 radical (unpaired) electrons. The van der Waals surface area contributed by atoms with E-state index in [1.54, 1.807) is 0 Å². The molecule has 1 saturated carbocycles. The monoisotopic (exact) mass is 186 g/mol. The second-order valence-electron chi connectivity index (χ2n) is 4.11. The van der Waals surface area contributed by atoms with Gasteiger partial charge in [-0.25, -0.2) is 0 Å². The first-order valence-electron chi connectivity index (χ1n) is 5.53. The van der Waals surface area contributed by atoms with Crippen LogP contribution < -0.4 is 0 Å². The molecule has 13 heavy (non-hydrogen) atoms. The summed E-state index contributed by atoms with van der Waals surface area (Å²) in [7, 11) is 0. The summed E-state index contributed by atoms with van der Waals surface area (Å²) in [6.07, 6.45) is 5.97. The molecule has 1 aliphatic carbocycles. The molecule has 0 saturated heterocycles. The predicted molar refractivity (Wildman–Crippen MR) is 53.7 cm³/mol. The molecule has 1 fully saturated rings. The second kappa shape index (κ2) is 5.61. The van der Waals surface area contributed by atoms with Gasteiger partial charge in [-0.05, 0) is 26.2 Å². The number of rotatable bonds is 5. The molecule has 0 aromatic carbocycles. The lowest BCUT2D eigenvalue weighted by atomic mass is 9.98. The van der Waals surface area contributed by atoms with Gasteiger partial charge in [-0.15, -0.1) is 0 Å². The molecule has 0 spiro atoms. The van der Waals surface area contributed by atoms with Gasteiger partial charge < -0.3 is 9.84 Å². The van der Waals surface area contributed by atoms with Crippen LogP contribution in [0, 0.1) is 5.92 Å². The minimum atomic E-state index is -0.261. The normalized spacial score (nSPS) is 23.3. The third-order valence-electron chi connectivity index (χ3n) is 3.02. The van der Waals surface area contributed by atoms with Crippen LogP contribution in [-0.4, -0.2) is 23.9 Å². The van der Waals surface area contributed by atoms with Gasteiger partial charge in [0.05, 0.1) is 12.2 Å². The standard InChI is InChI=1S/C11H22O2/c1-3-13-9(2)11(12)8-10-6-4-5-7-10/h9-12H,3-8H2,1-2H3. The summed E-state index contributed by atoms with van der Waals surface area (Å²) in [6.45, 7) is 4.63. The van der Waals surface area contributed by atoms with Crippen molar-refractivity contribution >= 4 is 0 Å². The molecule has 1 N–H and O–H groups in total. The van der Waals surface area contributed by atoms with Crippen molar-refractivity contribution in [1.82, 2.24) is 0 Å². The summed E-state index contributed by atoms with van der Waals surface area (Å²) >= 11 is 0. The van der Waals surface area contributed by atoms with Crippen LogP contribution in [0.2, 0.25) is 0 Å². The lowest BCUT2D eigenvalue weighted by molar-refractivity contribution is -0.0310. The largest absolute Gasteiger partial charge is 0.390 e. The summed E-state index contributed by atoms with van der Waals surface area (Å²) < 4.78 is 5.36. The third kappa shape index (κ3) is 3.65. The van der Waals surface area contributed by atoms with Gasteiger partial charge in [0.15, 0.2) is 0 Å². The topological polar surface area (TPSA) is 29.5 Å². The first-order valence-corrected chi connectivity index (χ1v) is 5.53. The molecule has 1 rings (SSSR count). The van der Waals surface area contributed by atoms with Gasteiger partial charge in [0.2, 0.25) is 0 Å². The predicted octanol–water partition coefficient (Wildman–Crippen LogP) is 2.35. The van der Waals surface area contributed by atoms with Gasteiger partial charge in [0, 0.05) is 6.61 Å². The highest BCUT2D eigenvalue weighted by Gasteiger charge is 2.22. The molecule has 0 aliphatic heterocycles. The van der Waals surface area contributed by atoms with Crippen LogP contribution >= 0.6 is 0 Å². The molecule has 0 bridgehead atoms. The maximum Gasteiger partial charge on any atom is 0.0805 e. The summed E-state index contributed by atoms with van der Waals surface area (Å²) in [6, 6.07) is 0. The van der Waals surface area contributed by atoms with Crippen molar-refractivity contribution in [3.8, 4) is 0 Å². The first kappa shape index (κ1) is 11.0. The molecule has 2 unspecified atom stereocenters. The average molecular weight is 186 g/mol. The molecular weight excluding hydrogens is 164 g/mol. The van der Waals surface area contributed by atoms with Crippen molar-refractivity contribution < 1.29 is 9.84 Å². The van der Waals surface area contributed by atoms with E-state index in [4.69, 9.17) is 4.74 Å². The molecule has 0 amide bonds. The van der Waals surface area contributed by atoms with Gasteiger partial charge in [-0.3, -0.25) is 0 Å². The summed E-state index contributed by atoms with van der Waals surface area (Å²) in [5.74, 6) is 0.748. The van der Waals surface area contributed by atoms with Crippen LogP contribution in [0.4, 0.5) is 0 Å². The van der Waals surface area contributed by atoms with Gasteiger partial charge in [0.25, 0.3) is 0 Å². The Bertz CT molecular complexity index is 130. The molecule has 0 aromatic rings. The van der Waals surface area contributed by atoms with E-state index in [0.717, 1.165) is 12.3 Å². The van der Waals surface area contributed by atoms with E-state index in [9.17, 15) is 5.11 Å². The molecule has 0 aromatic heterocycles. The van der Waals surface area contributed by atoms with E-state index in [1.807, 2.05) is 13.8 Å². The molecule has 2 heteroatoms.